The van der Waals surface area contributed by atoms with Gasteiger partial charge in [0.15, 0.2) is 0 Å². The van der Waals surface area contributed by atoms with Crippen LogP contribution in [0, 0.1) is 11.6 Å². The van der Waals surface area contributed by atoms with Crippen LogP contribution in [-0.2, 0) is 32.6 Å². The Morgan fingerprint density at radius 2 is 1.61 bits per heavy atom. The molecule has 0 heterocycles. The molecule has 28 heavy (non-hydrogen) atoms. The summed E-state index contributed by atoms with van der Waals surface area (Å²) in [6.45, 7) is 6.30. The number of halogens is 2. The van der Waals surface area contributed by atoms with E-state index in [1.54, 1.807) is 0 Å². The molecule has 150 valence electrons. The minimum atomic E-state index is -0.951. The molecule has 0 saturated carbocycles. The summed E-state index contributed by atoms with van der Waals surface area (Å²) in [5, 5.41) is 2.52. The molecule has 2 aromatic carbocycles. The van der Waals surface area contributed by atoms with Gasteiger partial charge in [-0.25, -0.2) is 13.6 Å². The van der Waals surface area contributed by atoms with E-state index in [0.717, 1.165) is 23.3 Å². The van der Waals surface area contributed by atoms with Gasteiger partial charge < -0.3 is 10.1 Å². The van der Waals surface area contributed by atoms with Crippen molar-refractivity contribution >= 4 is 11.9 Å². The largest absolute Gasteiger partial charge is 0.467 e. The Balaban J connectivity index is 2.11. The Morgan fingerprint density at radius 3 is 2.11 bits per heavy atom. The molecular weight excluding hydrogens is 364 g/mol. The van der Waals surface area contributed by atoms with Crippen LogP contribution in [0.15, 0.2) is 42.5 Å². The van der Waals surface area contributed by atoms with E-state index in [0.29, 0.717) is 0 Å². The first kappa shape index (κ1) is 21.5. The van der Waals surface area contributed by atoms with E-state index in [2.05, 4.69) is 26.1 Å². The number of rotatable bonds is 6. The molecule has 1 atom stereocenters. The number of ether oxygens (including phenoxy) is 1. The molecule has 0 aliphatic rings. The molecular formula is C22H25F2NO3. The fourth-order valence-electron chi connectivity index (χ4n) is 2.82. The maximum Gasteiger partial charge on any atom is 0.328 e. The van der Waals surface area contributed by atoms with Crippen LogP contribution >= 0.6 is 0 Å². The number of amides is 1. The highest BCUT2D eigenvalue weighted by Crippen LogP contribution is 2.22. The molecule has 0 bridgehead atoms. The number of methoxy groups -OCH3 is 1. The summed E-state index contributed by atoms with van der Waals surface area (Å²) in [5.74, 6) is -2.89. The average Bonchev–Trinajstić information content (AvgIpc) is 2.63. The molecule has 0 unspecified atom stereocenters. The number of nitrogens with one attached hydrogen (secondary N) is 1. The van der Waals surface area contributed by atoms with Crippen molar-refractivity contribution in [1.29, 1.82) is 0 Å². The molecule has 4 nitrogen and oxygen atoms in total. The van der Waals surface area contributed by atoms with Crippen LogP contribution in [0.5, 0.6) is 0 Å². The summed E-state index contributed by atoms with van der Waals surface area (Å²) < 4.78 is 32.2. The van der Waals surface area contributed by atoms with Crippen molar-refractivity contribution in [3.63, 3.8) is 0 Å². The highest BCUT2D eigenvalue weighted by molar-refractivity contribution is 5.85. The average molecular weight is 389 g/mol. The SMILES string of the molecule is COC(=O)[C@@H](Cc1ccc(C(C)(C)C)cc1)NC(=O)Cc1c(F)cccc1F. The summed E-state index contributed by atoms with van der Waals surface area (Å²) in [4.78, 5) is 24.4. The number of hydrogen-bond acceptors (Lipinski definition) is 3. The van der Waals surface area contributed by atoms with E-state index in [1.807, 2.05) is 24.3 Å². The van der Waals surface area contributed by atoms with Gasteiger partial charge in [0.25, 0.3) is 0 Å². The van der Waals surface area contributed by atoms with Crippen LogP contribution in [0.4, 0.5) is 8.78 Å². The summed E-state index contributed by atoms with van der Waals surface area (Å²) in [5.41, 5.74) is 1.64. The summed E-state index contributed by atoms with van der Waals surface area (Å²) in [7, 11) is 1.22. The third-order valence-electron chi connectivity index (χ3n) is 4.48. The highest BCUT2D eigenvalue weighted by atomic mass is 19.1. The van der Waals surface area contributed by atoms with E-state index in [9.17, 15) is 18.4 Å². The Bertz CT molecular complexity index is 822. The van der Waals surface area contributed by atoms with Crippen molar-refractivity contribution in [2.24, 2.45) is 0 Å². The van der Waals surface area contributed by atoms with Crippen molar-refractivity contribution in [3.8, 4) is 0 Å². The van der Waals surface area contributed by atoms with Crippen molar-refractivity contribution < 1.29 is 23.1 Å². The van der Waals surface area contributed by atoms with Crippen LogP contribution in [0.2, 0.25) is 0 Å². The molecule has 0 radical (unpaired) electrons. The minimum Gasteiger partial charge on any atom is -0.467 e. The Labute approximate surface area is 163 Å². The number of benzene rings is 2. The van der Waals surface area contributed by atoms with Crippen LogP contribution in [0.25, 0.3) is 0 Å². The maximum atomic E-state index is 13.7. The topological polar surface area (TPSA) is 55.4 Å². The minimum absolute atomic E-state index is 0.00166. The number of hydrogen-bond donors (Lipinski definition) is 1. The second-order valence-corrected chi connectivity index (χ2v) is 7.67. The monoisotopic (exact) mass is 389 g/mol. The van der Waals surface area contributed by atoms with Crippen molar-refractivity contribution in [3.05, 3.63) is 70.8 Å². The van der Waals surface area contributed by atoms with Gasteiger partial charge in [-0.1, -0.05) is 51.1 Å². The molecule has 0 aromatic heterocycles. The van der Waals surface area contributed by atoms with E-state index in [4.69, 9.17) is 4.74 Å². The van der Waals surface area contributed by atoms with E-state index < -0.39 is 36.0 Å². The molecule has 0 aliphatic heterocycles. The first-order chi connectivity index (χ1) is 13.1. The second kappa shape index (κ2) is 8.95. The van der Waals surface area contributed by atoms with Crippen molar-refractivity contribution in [1.82, 2.24) is 5.32 Å². The molecule has 0 saturated heterocycles. The smallest absolute Gasteiger partial charge is 0.328 e. The van der Waals surface area contributed by atoms with Gasteiger partial charge in [0.1, 0.15) is 17.7 Å². The fourth-order valence-corrected chi connectivity index (χ4v) is 2.82. The van der Waals surface area contributed by atoms with E-state index in [-0.39, 0.29) is 17.4 Å². The third-order valence-corrected chi connectivity index (χ3v) is 4.48. The zero-order valence-electron chi connectivity index (χ0n) is 16.5. The number of esters is 1. The van der Waals surface area contributed by atoms with Crippen LogP contribution in [-0.4, -0.2) is 25.0 Å². The molecule has 2 rings (SSSR count). The quantitative estimate of drug-likeness (QED) is 0.767. The predicted octanol–water partition coefficient (Wildman–Crippen LogP) is 3.71. The molecule has 6 heteroatoms. The maximum absolute atomic E-state index is 13.7. The zero-order chi connectivity index (χ0) is 20.9. The van der Waals surface area contributed by atoms with Crippen LogP contribution in [0.1, 0.15) is 37.5 Å². The van der Waals surface area contributed by atoms with Gasteiger partial charge in [0.05, 0.1) is 13.5 Å². The van der Waals surface area contributed by atoms with Gasteiger partial charge in [0, 0.05) is 12.0 Å². The number of carbonyl (C=O) groups excluding carboxylic acids is 2. The molecule has 0 fully saturated rings. The van der Waals surface area contributed by atoms with Crippen molar-refractivity contribution in [2.75, 3.05) is 7.11 Å². The Hall–Kier alpha value is -2.76. The third kappa shape index (κ3) is 5.62. The van der Waals surface area contributed by atoms with Gasteiger partial charge in [-0.15, -0.1) is 0 Å². The number of carbonyl (C=O) groups is 2. The van der Waals surface area contributed by atoms with Gasteiger partial charge in [-0.05, 0) is 28.7 Å². The van der Waals surface area contributed by atoms with Crippen LogP contribution < -0.4 is 5.32 Å². The van der Waals surface area contributed by atoms with Gasteiger partial charge in [-0.2, -0.15) is 0 Å². The summed E-state index contributed by atoms with van der Waals surface area (Å²) in [6, 6.07) is 10.2. The lowest BCUT2D eigenvalue weighted by Gasteiger charge is -2.20. The van der Waals surface area contributed by atoms with E-state index >= 15 is 0 Å². The van der Waals surface area contributed by atoms with Gasteiger partial charge in [0.2, 0.25) is 5.91 Å². The fraction of sp³-hybridized carbons (Fsp3) is 0.364. The molecule has 1 N–H and O–H groups in total. The predicted molar refractivity (Wildman–Crippen MR) is 103 cm³/mol. The lowest BCUT2D eigenvalue weighted by molar-refractivity contribution is -0.145. The first-order valence-electron chi connectivity index (χ1n) is 9.01. The van der Waals surface area contributed by atoms with Crippen LogP contribution in [0.3, 0.4) is 0 Å². The lowest BCUT2D eigenvalue weighted by Crippen LogP contribution is -2.43. The molecule has 2 aromatic rings. The standard InChI is InChI=1S/C22H25F2NO3/c1-22(2,3)15-10-8-14(9-11-15)12-19(21(27)28-4)25-20(26)13-16-17(23)6-5-7-18(16)24/h5-11,19H,12-13H2,1-4H3,(H,25,26)/t19-/m1/s1. The lowest BCUT2D eigenvalue weighted by atomic mass is 9.86. The molecule has 0 spiro atoms. The van der Waals surface area contributed by atoms with Crippen molar-refractivity contribution in [2.45, 2.75) is 45.1 Å². The second-order valence-electron chi connectivity index (χ2n) is 7.67. The Kier molecular flexibility index (Phi) is 6.89. The zero-order valence-corrected chi connectivity index (χ0v) is 16.5. The van der Waals surface area contributed by atoms with E-state index in [1.165, 1.54) is 13.2 Å². The first-order valence-corrected chi connectivity index (χ1v) is 9.01. The molecule has 1 amide bonds. The molecule has 0 aliphatic carbocycles. The van der Waals surface area contributed by atoms with Gasteiger partial charge >= 0.3 is 5.97 Å². The highest BCUT2D eigenvalue weighted by Gasteiger charge is 2.24. The summed E-state index contributed by atoms with van der Waals surface area (Å²) >= 11 is 0. The Morgan fingerprint density at radius 1 is 1.04 bits per heavy atom. The van der Waals surface area contributed by atoms with Gasteiger partial charge in [-0.3, -0.25) is 4.79 Å². The normalized spacial score (nSPS) is 12.4. The summed E-state index contributed by atoms with van der Waals surface area (Å²) in [6.07, 6.45) is -0.294.